The molecule has 35 heavy (non-hydrogen) atoms. The van der Waals surface area contributed by atoms with Crippen molar-refractivity contribution in [3.63, 3.8) is 0 Å². The Morgan fingerprint density at radius 1 is 1.00 bits per heavy atom. The van der Waals surface area contributed by atoms with Crippen LogP contribution in [0, 0.1) is 21.7 Å². The van der Waals surface area contributed by atoms with Crippen molar-refractivity contribution in [3.05, 3.63) is 106 Å². The van der Waals surface area contributed by atoms with Crippen LogP contribution >= 0.6 is 0 Å². The molecule has 1 atom stereocenters. The Balaban J connectivity index is 1.59. The van der Waals surface area contributed by atoms with Crippen LogP contribution in [0.1, 0.15) is 15.9 Å². The molecule has 0 aliphatic carbocycles. The predicted octanol–water partition coefficient (Wildman–Crippen LogP) is 5.05. The normalized spacial score (nSPS) is 12.2. The fourth-order valence-electron chi connectivity index (χ4n) is 3.62. The third-order valence-corrected chi connectivity index (χ3v) is 7.76. The van der Waals surface area contributed by atoms with E-state index in [0.29, 0.717) is 27.7 Å². The van der Waals surface area contributed by atoms with Crippen LogP contribution in [-0.4, -0.2) is 41.3 Å². The molecule has 4 rings (SSSR count). The summed E-state index contributed by atoms with van der Waals surface area (Å²) in [5.41, 5.74) is 1.18. The average Bonchev–Trinajstić information content (AvgIpc) is 2.83. The third-order valence-electron chi connectivity index (χ3n) is 5.29. The van der Waals surface area contributed by atoms with Gasteiger partial charge in [-0.2, -0.15) is 0 Å². The second-order valence-electron chi connectivity index (χ2n) is 7.59. The minimum atomic E-state index is -1.59. The van der Waals surface area contributed by atoms with Crippen molar-refractivity contribution in [3.8, 4) is 11.3 Å². The first kappa shape index (κ1) is 24.2. The van der Waals surface area contributed by atoms with E-state index in [1.54, 1.807) is 48.5 Å². The number of para-hydroxylation sites is 1. The van der Waals surface area contributed by atoms with Crippen LogP contribution in [0.5, 0.6) is 0 Å². The van der Waals surface area contributed by atoms with Gasteiger partial charge in [0, 0.05) is 0 Å². The molecule has 3 aromatic carbocycles. The second kappa shape index (κ2) is 10.1. The number of nitrogens with zero attached hydrogens (tertiary/aromatic N) is 2. The zero-order chi connectivity index (χ0) is 25.1. The van der Waals surface area contributed by atoms with Crippen LogP contribution < -0.4 is 0 Å². The molecule has 0 aliphatic heterocycles. The van der Waals surface area contributed by atoms with Gasteiger partial charge in [-0.3, -0.25) is 0 Å². The van der Waals surface area contributed by atoms with Gasteiger partial charge in [-0.25, -0.2) is 0 Å². The van der Waals surface area contributed by atoms with Crippen molar-refractivity contribution in [1.82, 2.24) is 4.98 Å². The molecule has 1 heterocycles. The number of carbonyl (C=O) groups is 2. The van der Waals surface area contributed by atoms with Crippen molar-refractivity contribution in [1.29, 1.82) is 0 Å². The second-order valence-corrected chi connectivity index (χ2v) is 10.3. The summed E-state index contributed by atoms with van der Waals surface area (Å²) >= 11 is -1.59. The number of hydrogen-bond acceptors (Lipinski definition) is 5. The molecule has 1 aromatic heterocycles. The van der Waals surface area contributed by atoms with Crippen molar-refractivity contribution >= 4 is 42.9 Å². The molecule has 0 saturated carbocycles. The van der Waals surface area contributed by atoms with E-state index in [9.17, 15) is 33.6 Å². The van der Waals surface area contributed by atoms with E-state index in [4.69, 9.17) is 0 Å². The molecular weight excluding hydrogens is 521 g/mol. The van der Waals surface area contributed by atoms with Crippen molar-refractivity contribution in [2.45, 2.75) is 11.1 Å². The first-order valence-corrected chi connectivity index (χ1v) is 12.3. The van der Waals surface area contributed by atoms with Gasteiger partial charge in [0.15, 0.2) is 0 Å². The number of carboxylic acid groups (broad SMARTS) is 1. The van der Waals surface area contributed by atoms with Crippen molar-refractivity contribution in [2.24, 2.45) is 0 Å². The van der Waals surface area contributed by atoms with Gasteiger partial charge in [-0.15, -0.1) is 0 Å². The predicted molar refractivity (Wildman–Crippen MR) is 125 cm³/mol. The van der Waals surface area contributed by atoms with Crippen LogP contribution in [0.3, 0.4) is 0 Å². The molecule has 10 heteroatoms. The Morgan fingerprint density at radius 2 is 1.71 bits per heavy atom. The zero-order valence-electron chi connectivity index (χ0n) is 17.9. The van der Waals surface area contributed by atoms with Gasteiger partial charge in [0.25, 0.3) is 0 Å². The summed E-state index contributed by atoms with van der Waals surface area (Å²) in [6, 6.07) is 17.7. The Kier molecular flexibility index (Phi) is 6.98. The molecule has 1 N–H and O–H groups in total. The number of carbonyl (C=O) groups excluding carboxylic acids is 1. The van der Waals surface area contributed by atoms with Gasteiger partial charge in [-0.1, -0.05) is 0 Å². The molecule has 0 bridgehead atoms. The molecule has 7 nitrogen and oxygen atoms in total. The van der Waals surface area contributed by atoms with Gasteiger partial charge in [0.1, 0.15) is 0 Å². The molecule has 1 radical (unpaired) electrons. The van der Waals surface area contributed by atoms with Crippen molar-refractivity contribution < 1.29 is 28.4 Å². The molecular formula is C25H16AsF2N2O5. The van der Waals surface area contributed by atoms with Crippen LogP contribution in [0.2, 0.25) is 4.71 Å². The molecule has 0 fully saturated rings. The fourth-order valence-corrected chi connectivity index (χ4v) is 5.80. The Labute approximate surface area is 204 Å². The summed E-state index contributed by atoms with van der Waals surface area (Å²) in [4.78, 5) is 39.7. The Hall–Kier alpha value is -3.97. The van der Waals surface area contributed by atoms with E-state index in [0.717, 1.165) is 18.2 Å². The Morgan fingerprint density at radius 3 is 2.40 bits per heavy atom. The van der Waals surface area contributed by atoms with Gasteiger partial charge in [-0.05, 0) is 0 Å². The topological polar surface area (TPSA) is 110 Å². The summed E-state index contributed by atoms with van der Waals surface area (Å²) in [5, 5.41) is 21.6. The number of fused-ring (bicyclic) bond motifs is 1. The molecule has 0 spiro atoms. The molecule has 0 aliphatic rings. The minimum absolute atomic E-state index is 0.000999. The van der Waals surface area contributed by atoms with Crippen LogP contribution in [0.25, 0.3) is 22.2 Å². The number of hydrogen-bond donors (Lipinski definition) is 1. The number of aliphatic carboxylic acids is 1. The molecule has 0 amide bonds. The van der Waals surface area contributed by atoms with Gasteiger partial charge >= 0.3 is 204 Å². The first-order chi connectivity index (χ1) is 16.7. The van der Waals surface area contributed by atoms with E-state index in [2.05, 4.69) is 4.98 Å². The first-order valence-electron chi connectivity index (χ1n) is 10.3. The maximum absolute atomic E-state index is 13.9. The summed E-state index contributed by atoms with van der Waals surface area (Å²) in [6.07, 6.45) is -0.000999. The van der Waals surface area contributed by atoms with Crippen LogP contribution in [0.4, 0.5) is 14.5 Å². The van der Waals surface area contributed by atoms with Crippen LogP contribution in [-0.2, 0) is 11.2 Å². The number of halogens is 2. The number of pyridine rings is 1. The van der Waals surface area contributed by atoms with E-state index >= 15 is 0 Å². The number of nitro benzene ring substituents is 1. The molecule has 0 saturated heterocycles. The van der Waals surface area contributed by atoms with Gasteiger partial charge in [0.2, 0.25) is 0 Å². The number of benzene rings is 3. The SMILES string of the molecule is O=C([As][C@@H](Cc1ccc2nc(-c3ccccc3[N+](=O)[O-])ccc2c1)C(=O)O)c1c(F)cccc1F. The van der Waals surface area contributed by atoms with Gasteiger partial charge < -0.3 is 0 Å². The quantitative estimate of drug-likeness (QED) is 0.191. The summed E-state index contributed by atoms with van der Waals surface area (Å²) in [7, 11) is 0. The van der Waals surface area contributed by atoms with E-state index < -0.39 is 53.1 Å². The summed E-state index contributed by atoms with van der Waals surface area (Å²) in [6.45, 7) is 0. The number of nitro groups is 1. The number of aromatic nitrogens is 1. The molecule has 175 valence electrons. The van der Waals surface area contributed by atoms with Gasteiger partial charge in [0.05, 0.1) is 0 Å². The number of rotatable bonds is 8. The third kappa shape index (κ3) is 5.25. The summed E-state index contributed by atoms with van der Waals surface area (Å²) in [5.74, 6) is -3.25. The molecule has 0 unspecified atom stereocenters. The zero-order valence-corrected chi connectivity index (χ0v) is 19.8. The monoisotopic (exact) mass is 537 g/mol. The van der Waals surface area contributed by atoms with E-state index in [1.807, 2.05) is 0 Å². The molecule has 4 aromatic rings. The summed E-state index contributed by atoms with van der Waals surface area (Å²) < 4.78 is 25.9. The average molecular weight is 537 g/mol. The van der Waals surface area contributed by atoms with Crippen molar-refractivity contribution in [2.75, 3.05) is 0 Å². The standard InChI is InChI=1S/C25H16AsF2N2O5/c27-18-5-3-6-19(28)23(18)24(31)26-17(25(32)33)13-14-8-10-20-15(12-14)9-11-21(29-20)16-4-1-2-7-22(16)30(34)35/h1-12,17H,13H2,(H,32,33)/t17-/m0/s1. The maximum atomic E-state index is 13.9. The number of carboxylic acids is 1. The Bertz CT molecular complexity index is 1460. The van der Waals surface area contributed by atoms with E-state index in [-0.39, 0.29) is 12.1 Å². The fraction of sp³-hybridized carbons (Fsp3) is 0.0800. The van der Waals surface area contributed by atoms with Crippen LogP contribution in [0.15, 0.2) is 72.8 Å². The van der Waals surface area contributed by atoms with E-state index in [1.165, 1.54) is 6.07 Å².